The predicted octanol–water partition coefficient (Wildman–Crippen LogP) is 2.86. The standard InChI is InChI=1S/C19H20N2O/c1-2-12-10-21-8-7-19-15-5-3-4-6-16(15)20-18(19)14(11-22)13(12)9-17(19)21/h2-6,11,13,17,20H,7-10H2,1H3/b12-2+/t13-,17-,19?/m0/s1. The smallest absolute Gasteiger partial charge is 0.148 e. The van der Waals surface area contributed by atoms with E-state index in [0.717, 1.165) is 37.8 Å². The molecule has 3 heterocycles. The molecule has 2 bridgehead atoms. The van der Waals surface area contributed by atoms with Gasteiger partial charge >= 0.3 is 0 Å². The van der Waals surface area contributed by atoms with Gasteiger partial charge in [-0.2, -0.15) is 0 Å². The molecule has 3 atom stereocenters. The van der Waals surface area contributed by atoms with Crippen LogP contribution in [0.25, 0.3) is 0 Å². The van der Waals surface area contributed by atoms with Gasteiger partial charge in [0.2, 0.25) is 0 Å². The van der Waals surface area contributed by atoms with Gasteiger partial charge in [-0.1, -0.05) is 29.8 Å². The fraction of sp³-hybridized carbons (Fsp3) is 0.421. The fourth-order valence-corrected chi connectivity index (χ4v) is 5.44. The number of fused-ring (bicyclic) bond motifs is 2. The molecule has 1 aromatic rings. The molecule has 0 aromatic heterocycles. The van der Waals surface area contributed by atoms with Gasteiger partial charge in [0, 0.05) is 42.0 Å². The number of benzene rings is 1. The lowest BCUT2D eigenvalue weighted by Crippen LogP contribution is -2.52. The van der Waals surface area contributed by atoms with Gasteiger partial charge < -0.3 is 5.32 Å². The summed E-state index contributed by atoms with van der Waals surface area (Å²) in [5.41, 5.74) is 6.25. The zero-order chi connectivity index (χ0) is 14.9. The maximum absolute atomic E-state index is 11.9. The topological polar surface area (TPSA) is 32.3 Å². The van der Waals surface area contributed by atoms with Gasteiger partial charge in [-0.3, -0.25) is 9.69 Å². The summed E-state index contributed by atoms with van der Waals surface area (Å²) in [6, 6.07) is 9.16. The number of nitrogens with zero attached hydrogens (tertiary/aromatic N) is 1. The van der Waals surface area contributed by atoms with Crippen LogP contribution in [0.4, 0.5) is 5.69 Å². The van der Waals surface area contributed by atoms with Gasteiger partial charge in [-0.05, 0) is 31.4 Å². The minimum atomic E-state index is 0.0304. The molecule has 3 aliphatic heterocycles. The largest absolute Gasteiger partial charge is 0.358 e. The van der Waals surface area contributed by atoms with Gasteiger partial charge in [0.05, 0.1) is 5.41 Å². The second-order valence-electron chi connectivity index (χ2n) is 6.98. The van der Waals surface area contributed by atoms with Crippen molar-refractivity contribution in [2.24, 2.45) is 5.92 Å². The molecule has 3 heteroatoms. The van der Waals surface area contributed by atoms with Gasteiger partial charge in [0.15, 0.2) is 0 Å². The molecule has 3 nitrogen and oxygen atoms in total. The van der Waals surface area contributed by atoms with Crippen LogP contribution in [0.5, 0.6) is 0 Å². The van der Waals surface area contributed by atoms with Crippen molar-refractivity contribution in [2.45, 2.75) is 31.2 Å². The molecule has 1 aromatic carbocycles. The molecule has 5 rings (SSSR count). The number of anilines is 1. The van der Waals surface area contributed by atoms with E-state index in [-0.39, 0.29) is 5.41 Å². The Kier molecular flexibility index (Phi) is 2.36. The van der Waals surface area contributed by atoms with E-state index in [1.807, 2.05) is 0 Å². The maximum atomic E-state index is 11.9. The predicted molar refractivity (Wildman–Crippen MR) is 86.7 cm³/mol. The second kappa shape index (κ2) is 4.11. The number of carbonyl (C=O) groups is 1. The Morgan fingerprint density at radius 1 is 1.36 bits per heavy atom. The third-order valence-corrected chi connectivity index (χ3v) is 6.37. The van der Waals surface area contributed by atoms with Gasteiger partial charge in [-0.25, -0.2) is 0 Å². The summed E-state index contributed by atoms with van der Waals surface area (Å²) in [4.78, 5) is 14.6. The Morgan fingerprint density at radius 3 is 3.05 bits per heavy atom. The van der Waals surface area contributed by atoms with E-state index >= 15 is 0 Å². The van der Waals surface area contributed by atoms with Crippen molar-refractivity contribution in [3.05, 3.63) is 52.7 Å². The van der Waals surface area contributed by atoms with Crippen molar-refractivity contribution in [2.75, 3.05) is 18.4 Å². The molecule has 2 saturated heterocycles. The normalized spacial score (nSPS) is 37.0. The average molecular weight is 292 g/mol. The molecular formula is C19H20N2O. The Labute approximate surface area is 130 Å². The van der Waals surface area contributed by atoms with E-state index in [1.54, 1.807) is 0 Å². The summed E-state index contributed by atoms with van der Waals surface area (Å²) in [6.45, 7) is 4.26. The lowest BCUT2D eigenvalue weighted by molar-refractivity contribution is -0.105. The van der Waals surface area contributed by atoms with Crippen molar-refractivity contribution in [3.8, 4) is 0 Å². The summed E-state index contributed by atoms with van der Waals surface area (Å²) < 4.78 is 0. The van der Waals surface area contributed by atoms with E-state index in [4.69, 9.17) is 0 Å². The first-order valence-electron chi connectivity index (χ1n) is 8.25. The summed E-state index contributed by atoms with van der Waals surface area (Å²) in [6.07, 6.45) is 5.55. The van der Waals surface area contributed by atoms with Crippen LogP contribution in [0.3, 0.4) is 0 Å². The third kappa shape index (κ3) is 1.25. The van der Waals surface area contributed by atoms with Crippen molar-refractivity contribution < 1.29 is 4.79 Å². The zero-order valence-electron chi connectivity index (χ0n) is 12.8. The SMILES string of the molecule is C/C=C1\CN2CCC34C(=C(C=O)[C@H]1C[C@H]23)Nc1ccccc14. The van der Waals surface area contributed by atoms with Crippen LogP contribution in [0.1, 0.15) is 25.3 Å². The van der Waals surface area contributed by atoms with E-state index in [2.05, 4.69) is 47.5 Å². The molecule has 0 amide bonds. The molecule has 0 saturated carbocycles. The van der Waals surface area contributed by atoms with Crippen molar-refractivity contribution in [3.63, 3.8) is 0 Å². The van der Waals surface area contributed by atoms with Crippen LogP contribution in [-0.4, -0.2) is 30.3 Å². The number of para-hydroxylation sites is 1. The molecule has 1 N–H and O–H groups in total. The number of rotatable bonds is 1. The third-order valence-electron chi connectivity index (χ3n) is 6.37. The monoisotopic (exact) mass is 292 g/mol. The van der Waals surface area contributed by atoms with Crippen LogP contribution in [0, 0.1) is 5.92 Å². The second-order valence-corrected chi connectivity index (χ2v) is 6.98. The van der Waals surface area contributed by atoms with E-state index in [0.29, 0.717) is 12.0 Å². The molecule has 1 aliphatic carbocycles. The van der Waals surface area contributed by atoms with Gasteiger partial charge in [-0.15, -0.1) is 0 Å². The minimum Gasteiger partial charge on any atom is -0.358 e. The Bertz CT molecular complexity index is 748. The van der Waals surface area contributed by atoms with E-state index in [9.17, 15) is 4.79 Å². The zero-order valence-corrected chi connectivity index (χ0v) is 12.8. The fourth-order valence-electron chi connectivity index (χ4n) is 5.44. The number of aldehydes is 1. The molecule has 22 heavy (non-hydrogen) atoms. The highest BCUT2D eigenvalue weighted by Crippen LogP contribution is 2.60. The number of carbonyl (C=O) groups excluding carboxylic acids is 1. The first kappa shape index (κ1) is 12.7. The molecule has 112 valence electrons. The number of allylic oxidation sites excluding steroid dienone is 2. The quantitative estimate of drug-likeness (QED) is 0.638. The van der Waals surface area contributed by atoms with Crippen molar-refractivity contribution in [1.82, 2.24) is 4.90 Å². The van der Waals surface area contributed by atoms with Gasteiger partial charge in [0.25, 0.3) is 0 Å². The van der Waals surface area contributed by atoms with Crippen LogP contribution >= 0.6 is 0 Å². The Hall–Kier alpha value is -1.87. The van der Waals surface area contributed by atoms with Gasteiger partial charge in [0.1, 0.15) is 6.29 Å². The lowest BCUT2D eigenvalue weighted by atomic mass is 9.62. The molecule has 1 spiro atoms. The first-order chi connectivity index (χ1) is 10.8. The molecule has 1 unspecified atom stereocenters. The maximum Gasteiger partial charge on any atom is 0.148 e. The highest BCUT2D eigenvalue weighted by Gasteiger charge is 2.60. The number of hydrogen-bond donors (Lipinski definition) is 1. The molecule has 0 radical (unpaired) electrons. The summed E-state index contributed by atoms with van der Waals surface area (Å²) in [5, 5.41) is 3.62. The average Bonchev–Trinajstić information content (AvgIpc) is 3.11. The number of hydrogen-bond acceptors (Lipinski definition) is 3. The first-order valence-corrected chi connectivity index (χ1v) is 8.25. The Balaban J connectivity index is 1.83. The van der Waals surface area contributed by atoms with Crippen molar-refractivity contribution >= 4 is 12.0 Å². The van der Waals surface area contributed by atoms with Crippen LogP contribution in [0.2, 0.25) is 0 Å². The van der Waals surface area contributed by atoms with Crippen LogP contribution in [0.15, 0.2) is 47.2 Å². The highest BCUT2D eigenvalue weighted by atomic mass is 16.1. The molecule has 2 fully saturated rings. The molecule has 4 aliphatic rings. The Morgan fingerprint density at radius 2 is 2.23 bits per heavy atom. The van der Waals surface area contributed by atoms with E-state index < -0.39 is 0 Å². The number of nitrogens with one attached hydrogen (secondary N) is 1. The minimum absolute atomic E-state index is 0.0304. The highest BCUT2D eigenvalue weighted by molar-refractivity contribution is 5.84. The van der Waals surface area contributed by atoms with Crippen molar-refractivity contribution in [1.29, 1.82) is 0 Å². The summed E-state index contributed by atoms with van der Waals surface area (Å²) in [5.74, 6) is 0.312. The number of piperidine rings is 1. The summed E-state index contributed by atoms with van der Waals surface area (Å²) >= 11 is 0. The van der Waals surface area contributed by atoms with Crippen LogP contribution < -0.4 is 5.32 Å². The van der Waals surface area contributed by atoms with Crippen LogP contribution in [-0.2, 0) is 10.2 Å². The van der Waals surface area contributed by atoms with E-state index in [1.165, 1.54) is 22.5 Å². The molecular weight excluding hydrogens is 272 g/mol. The summed E-state index contributed by atoms with van der Waals surface area (Å²) in [7, 11) is 0. The lowest BCUT2D eigenvalue weighted by Gasteiger charge is -2.48.